The lowest BCUT2D eigenvalue weighted by Gasteiger charge is -2.36. The molecule has 5 rings (SSSR count). The lowest BCUT2D eigenvalue weighted by atomic mass is 9.81. The maximum atomic E-state index is 13.3. The van der Waals surface area contributed by atoms with E-state index >= 15 is 0 Å². The van der Waals surface area contributed by atoms with Crippen LogP contribution >= 0.6 is 27.9 Å². The van der Waals surface area contributed by atoms with Crippen LogP contribution in [0.25, 0.3) is 0 Å². The summed E-state index contributed by atoms with van der Waals surface area (Å²) in [4.78, 5) is 46.4. The molecule has 0 aromatic heterocycles. The third-order valence-electron chi connectivity index (χ3n) is 6.53. The third kappa shape index (κ3) is 5.22. The largest absolute Gasteiger partial charge is 0.445 e. The molecule has 2 saturated heterocycles. The molecule has 37 heavy (non-hydrogen) atoms. The minimum atomic E-state index is -0.948. The highest BCUT2D eigenvalue weighted by Gasteiger charge is 2.60. The van der Waals surface area contributed by atoms with Gasteiger partial charge in [0, 0.05) is 34.4 Å². The molecule has 0 saturated carbocycles. The fourth-order valence-corrected chi connectivity index (χ4v) is 5.67. The first-order valence-electron chi connectivity index (χ1n) is 11.7. The number of urea groups is 1. The highest BCUT2D eigenvalue weighted by molar-refractivity contribution is 9.10. The Hall–Kier alpha value is -3.34. The number of hydroxylamine groups is 2. The van der Waals surface area contributed by atoms with E-state index in [1.165, 1.54) is 5.06 Å². The molecule has 0 radical (unpaired) electrons. The Morgan fingerprint density at radius 2 is 1.76 bits per heavy atom. The monoisotopic (exact) mass is 581 g/mol. The van der Waals surface area contributed by atoms with Crippen LogP contribution < -0.4 is 4.72 Å². The second-order valence-corrected chi connectivity index (χ2v) is 10.5. The molecule has 2 unspecified atom stereocenters. The fourth-order valence-electron chi connectivity index (χ4n) is 4.76. The number of benzene rings is 3. The zero-order valence-corrected chi connectivity index (χ0v) is 22.1. The van der Waals surface area contributed by atoms with Gasteiger partial charge in [0.25, 0.3) is 0 Å². The lowest BCUT2D eigenvalue weighted by molar-refractivity contribution is -0.121. The van der Waals surface area contributed by atoms with Crippen molar-refractivity contribution in [2.45, 2.75) is 12.1 Å². The molecule has 2 aliphatic heterocycles. The summed E-state index contributed by atoms with van der Waals surface area (Å²) in [5.41, 5.74) is 1.23. The number of halogens is 1. The second kappa shape index (κ2) is 11.0. The summed E-state index contributed by atoms with van der Waals surface area (Å²) in [6, 6.07) is 25.2. The van der Waals surface area contributed by atoms with Gasteiger partial charge in [0.15, 0.2) is 0 Å². The molecule has 2 heterocycles. The Labute approximate surface area is 227 Å². The summed E-state index contributed by atoms with van der Waals surface area (Å²) in [6.45, 7) is 0.940. The first-order chi connectivity index (χ1) is 18.0. The number of likely N-dealkylation sites (tertiary alicyclic amines) is 1. The molecule has 8 nitrogen and oxygen atoms in total. The summed E-state index contributed by atoms with van der Waals surface area (Å²) in [6.07, 6.45) is -0.457. The topological polar surface area (TPSA) is 88.2 Å². The summed E-state index contributed by atoms with van der Waals surface area (Å²) < 4.78 is 9.03. The van der Waals surface area contributed by atoms with Crippen LogP contribution in [-0.4, -0.2) is 46.9 Å². The Morgan fingerprint density at radius 1 is 1.03 bits per heavy atom. The molecular weight excluding hydrogens is 558 g/mol. The van der Waals surface area contributed by atoms with Crippen molar-refractivity contribution in [3.63, 3.8) is 0 Å². The van der Waals surface area contributed by atoms with Crippen LogP contribution in [0, 0.1) is 5.92 Å². The minimum Gasteiger partial charge on any atom is -0.445 e. The molecule has 0 aliphatic carbocycles. The van der Waals surface area contributed by atoms with E-state index in [9.17, 15) is 14.4 Å². The van der Waals surface area contributed by atoms with Crippen molar-refractivity contribution in [1.29, 1.82) is 0 Å². The molecule has 2 atom stereocenters. The summed E-state index contributed by atoms with van der Waals surface area (Å²) in [5.74, 6) is -0.188. The van der Waals surface area contributed by atoms with E-state index in [1.54, 1.807) is 29.2 Å². The number of amides is 3. The highest BCUT2D eigenvalue weighted by Crippen LogP contribution is 2.47. The van der Waals surface area contributed by atoms with E-state index < -0.39 is 17.7 Å². The normalized spacial score (nSPS) is 20.4. The van der Waals surface area contributed by atoms with Gasteiger partial charge >= 0.3 is 12.1 Å². The van der Waals surface area contributed by atoms with E-state index in [4.69, 9.17) is 9.57 Å². The van der Waals surface area contributed by atoms with Gasteiger partial charge in [-0.15, -0.1) is 0 Å². The maximum Gasteiger partial charge on any atom is 0.410 e. The van der Waals surface area contributed by atoms with Gasteiger partial charge < -0.3 is 9.64 Å². The van der Waals surface area contributed by atoms with Gasteiger partial charge in [-0.2, -0.15) is 5.06 Å². The molecule has 190 valence electrons. The summed E-state index contributed by atoms with van der Waals surface area (Å²) >= 11 is 4.21. The zero-order chi connectivity index (χ0) is 25.8. The van der Waals surface area contributed by atoms with Crippen LogP contribution in [0.4, 0.5) is 9.59 Å². The predicted octanol–water partition coefficient (Wildman–Crippen LogP) is 5.36. The van der Waals surface area contributed by atoms with E-state index in [0.717, 1.165) is 15.6 Å². The second-order valence-electron chi connectivity index (χ2n) is 8.81. The molecule has 3 aromatic carbocycles. The average molecular weight is 582 g/mol. The van der Waals surface area contributed by atoms with Gasteiger partial charge in [-0.3, -0.25) is 14.4 Å². The van der Waals surface area contributed by atoms with Crippen LogP contribution in [0.3, 0.4) is 0 Å². The van der Waals surface area contributed by atoms with Crippen molar-refractivity contribution in [3.8, 4) is 0 Å². The van der Waals surface area contributed by atoms with E-state index in [2.05, 4.69) is 20.7 Å². The molecule has 0 spiro atoms. The van der Waals surface area contributed by atoms with Crippen LogP contribution in [0.15, 0.2) is 89.4 Å². The molecule has 1 N–H and O–H groups in total. The lowest BCUT2D eigenvalue weighted by Crippen LogP contribution is -2.52. The molecule has 3 aromatic rings. The summed E-state index contributed by atoms with van der Waals surface area (Å²) in [5, 5.41) is 0.980. The van der Waals surface area contributed by atoms with Crippen LogP contribution in [-0.2, 0) is 21.7 Å². The first kappa shape index (κ1) is 25.3. The minimum absolute atomic E-state index is 0.156. The van der Waals surface area contributed by atoms with Gasteiger partial charge in [0.1, 0.15) is 12.1 Å². The van der Waals surface area contributed by atoms with E-state index in [0.29, 0.717) is 24.1 Å². The van der Waals surface area contributed by atoms with Gasteiger partial charge in [0.05, 0.1) is 13.2 Å². The van der Waals surface area contributed by atoms with Crippen LogP contribution in [0.5, 0.6) is 0 Å². The number of rotatable bonds is 4. The molecule has 10 heteroatoms. The standard InChI is InChI=1S/C27H24BrN3O5S/c28-23-13-7-12-21(14-23)27-18-30(26(34)35-16-19-8-3-1-4-9-19)15-22(27)17-36-31(27)25(33)29-37-24(32)20-10-5-2-6-11-20/h1-14,22H,15-18H2,(H,29,33). The molecular formula is C27H24BrN3O5S. The van der Waals surface area contributed by atoms with Crippen molar-refractivity contribution in [2.75, 3.05) is 19.7 Å². The van der Waals surface area contributed by atoms with Crippen molar-refractivity contribution in [1.82, 2.24) is 14.7 Å². The van der Waals surface area contributed by atoms with Crippen LogP contribution in [0.1, 0.15) is 21.5 Å². The SMILES string of the molecule is O=C(SNC(=O)N1OCC2CN(C(=O)OCc3ccccc3)CC21c1cccc(Br)c1)c1ccccc1. The van der Waals surface area contributed by atoms with Gasteiger partial charge in [-0.25, -0.2) is 9.59 Å². The van der Waals surface area contributed by atoms with Crippen molar-refractivity contribution in [3.05, 3.63) is 106 Å². The smallest absolute Gasteiger partial charge is 0.410 e. The number of hydrogen-bond donors (Lipinski definition) is 1. The van der Waals surface area contributed by atoms with E-state index in [1.807, 2.05) is 60.7 Å². The number of ether oxygens (including phenoxy) is 1. The van der Waals surface area contributed by atoms with Gasteiger partial charge in [0.2, 0.25) is 5.12 Å². The Morgan fingerprint density at radius 3 is 2.49 bits per heavy atom. The predicted molar refractivity (Wildman–Crippen MR) is 142 cm³/mol. The van der Waals surface area contributed by atoms with Gasteiger partial charge in [-0.1, -0.05) is 88.7 Å². The summed E-state index contributed by atoms with van der Waals surface area (Å²) in [7, 11) is 0. The van der Waals surface area contributed by atoms with Crippen LogP contribution in [0.2, 0.25) is 0 Å². The van der Waals surface area contributed by atoms with E-state index in [-0.39, 0.29) is 30.8 Å². The Kier molecular flexibility index (Phi) is 7.50. The number of carbonyl (C=O) groups excluding carboxylic acids is 3. The van der Waals surface area contributed by atoms with Crippen molar-refractivity contribution < 1.29 is 24.0 Å². The Bertz CT molecular complexity index is 1300. The number of nitrogens with zero attached hydrogens (tertiary/aromatic N) is 2. The van der Waals surface area contributed by atoms with Crippen molar-refractivity contribution >= 4 is 45.1 Å². The Balaban J connectivity index is 1.35. The van der Waals surface area contributed by atoms with Crippen molar-refractivity contribution in [2.24, 2.45) is 5.92 Å². The number of nitrogens with one attached hydrogen (secondary N) is 1. The number of hydrogen-bond acceptors (Lipinski definition) is 6. The zero-order valence-electron chi connectivity index (χ0n) is 19.7. The average Bonchev–Trinajstić information content (AvgIpc) is 3.48. The fraction of sp³-hybridized carbons (Fsp3) is 0.222. The number of carbonyl (C=O) groups is 3. The number of fused-ring (bicyclic) bond motifs is 1. The first-order valence-corrected chi connectivity index (χ1v) is 13.3. The molecule has 2 fully saturated rings. The quantitative estimate of drug-likeness (QED) is 0.417. The molecule has 2 aliphatic rings. The molecule has 0 bridgehead atoms. The molecule has 3 amide bonds. The third-order valence-corrected chi connectivity index (χ3v) is 7.72. The van der Waals surface area contributed by atoms with Gasteiger partial charge in [-0.05, 0) is 23.3 Å². The maximum absolute atomic E-state index is 13.3. The highest BCUT2D eigenvalue weighted by atomic mass is 79.9.